The van der Waals surface area contributed by atoms with Crippen molar-refractivity contribution in [1.82, 2.24) is 0 Å². The van der Waals surface area contributed by atoms with Crippen molar-refractivity contribution >= 4 is 11.6 Å². The summed E-state index contributed by atoms with van der Waals surface area (Å²) in [5.41, 5.74) is 0. The second kappa shape index (κ2) is 19.5. The summed E-state index contributed by atoms with van der Waals surface area (Å²) in [6.45, 7) is 9.56. The number of carbonyl (C=O) groups excluding carboxylic acids is 2. The molecule has 1 fully saturated rings. The van der Waals surface area contributed by atoms with Crippen LogP contribution in [0.1, 0.15) is 47.0 Å². The fourth-order valence-corrected chi connectivity index (χ4v) is 2.67. The van der Waals surface area contributed by atoms with Gasteiger partial charge in [0.05, 0.1) is 25.9 Å². The largest absolute Gasteiger partial charge is 0.396 e. The third-order valence-corrected chi connectivity index (χ3v) is 4.66. The van der Waals surface area contributed by atoms with Crippen LogP contribution < -0.4 is 0 Å². The van der Waals surface area contributed by atoms with E-state index in [1.165, 1.54) is 0 Å². The van der Waals surface area contributed by atoms with Crippen molar-refractivity contribution < 1.29 is 33.6 Å². The minimum atomic E-state index is 0.0807. The summed E-state index contributed by atoms with van der Waals surface area (Å²) < 4.78 is 21.5. The maximum Gasteiger partial charge on any atom is 0.129 e. The molecule has 1 aliphatic heterocycles. The van der Waals surface area contributed by atoms with Crippen LogP contribution in [0.15, 0.2) is 0 Å². The maximum absolute atomic E-state index is 9.81. The quantitative estimate of drug-likeness (QED) is 0.564. The maximum atomic E-state index is 9.81. The van der Waals surface area contributed by atoms with E-state index in [1.807, 2.05) is 13.8 Å². The third kappa shape index (κ3) is 14.2. The van der Waals surface area contributed by atoms with Crippen molar-refractivity contribution in [2.45, 2.75) is 53.1 Å². The van der Waals surface area contributed by atoms with Gasteiger partial charge in [0.1, 0.15) is 11.6 Å². The zero-order valence-electron chi connectivity index (χ0n) is 18.9. The molecule has 0 amide bonds. The van der Waals surface area contributed by atoms with Crippen LogP contribution in [0.3, 0.4) is 0 Å². The lowest BCUT2D eigenvalue weighted by Crippen LogP contribution is -2.35. The molecule has 1 aliphatic rings. The van der Waals surface area contributed by atoms with Crippen LogP contribution in [0.4, 0.5) is 0 Å². The number of aliphatic hydroxyl groups excluding tert-OH is 1. The van der Waals surface area contributed by atoms with E-state index in [-0.39, 0.29) is 42.0 Å². The SMILES string of the molecule is CCC(C)=O.CCC(C)=O.COCCC(COC)C1OCC(CO)C1COC. The molecule has 1 saturated heterocycles. The third-order valence-electron chi connectivity index (χ3n) is 4.66. The van der Waals surface area contributed by atoms with Gasteiger partial charge in [-0.05, 0) is 20.3 Å². The van der Waals surface area contributed by atoms with Gasteiger partial charge < -0.3 is 33.6 Å². The number of ketones is 2. The lowest BCUT2D eigenvalue weighted by atomic mass is 9.84. The van der Waals surface area contributed by atoms with Crippen LogP contribution >= 0.6 is 0 Å². The molecular formula is C21H42O7. The highest BCUT2D eigenvalue weighted by molar-refractivity contribution is 5.75. The molecule has 0 aromatic heterocycles. The summed E-state index contributed by atoms with van der Waals surface area (Å²) in [6, 6.07) is 0. The molecule has 1 rings (SSSR count). The van der Waals surface area contributed by atoms with Gasteiger partial charge in [0, 0.05) is 65.1 Å². The number of rotatable bonds is 11. The average molecular weight is 407 g/mol. The zero-order valence-corrected chi connectivity index (χ0v) is 18.9. The van der Waals surface area contributed by atoms with Gasteiger partial charge >= 0.3 is 0 Å². The summed E-state index contributed by atoms with van der Waals surface area (Å²) >= 11 is 0. The summed E-state index contributed by atoms with van der Waals surface area (Å²) in [5.74, 6) is 1.19. The van der Waals surface area contributed by atoms with Gasteiger partial charge in [-0.15, -0.1) is 0 Å². The summed E-state index contributed by atoms with van der Waals surface area (Å²) in [7, 11) is 5.08. The molecule has 7 heteroatoms. The van der Waals surface area contributed by atoms with Gasteiger partial charge in [-0.3, -0.25) is 0 Å². The van der Waals surface area contributed by atoms with E-state index in [1.54, 1.807) is 35.2 Å². The molecule has 28 heavy (non-hydrogen) atoms. The number of ether oxygens (including phenoxy) is 4. The molecule has 4 unspecified atom stereocenters. The van der Waals surface area contributed by atoms with Crippen LogP contribution in [0.2, 0.25) is 0 Å². The standard InChI is InChI=1S/C13H26O5.2C4H8O/c1-15-5-4-10(7-16-2)13-12(9-17-3)11(6-14)8-18-13;2*1-3-4(2)5/h10-14H,4-9H2,1-3H3;2*3H2,1-2H3. The van der Waals surface area contributed by atoms with Gasteiger partial charge in [0.2, 0.25) is 0 Å². The van der Waals surface area contributed by atoms with Crippen molar-refractivity contribution in [3.05, 3.63) is 0 Å². The van der Waals surface area contributed by atoms with Crippen molar-refractivity contribution in [1.29, 1.82) is 0 Å². The number of Topliss-reactive ketones (excluding diaryl/α,β-unsaturated/α-hetero) is 2. The molecule has 0 bridgehead atoms. The lowest BCUT2D eigenvalue weighted by molar-refractivity contribution is -0.117. The Morgan fingerprint density at radius 1 is 1.04 bits per heavy atom. The molecule has 0 spiro atoms. The first-order valence-electron chi connectivity index (χ1n) is 10.0. The number of aliphatic hydroxyl groups is 1. The van der Waals surface area contributed by atoms with Crippen LogP contribution in [0.25, 0.3) is 0 Å². The molecule has 7 nitrogen and oxygen atoms in total. The molecule has 0 saturated carbocycles. The van der Waals surface area contributed by atoms with Crippen molar-refractivity contribution in [3.8, 4) is 0 Å². The van der Waals surface area contributed by atoms with E-state index in [0.717, 1.165) is 6.42 Å². The first-order valence-corrected chi connectivity index (χ1v) is 10.0. The van der Waals surface area contributed by atoms with Crippen LogP contribution in [-0.2, 0) is 28.5 Å². The van der Waals surface area contributed by atoms with E-state index in [4.69, 9.17) is 18.9 Å². The average Bonchev–Trinajstić information content (AvgIpc) is 3.09. The first kappa shape index (κ1) is 29.3. The normalized spacial score (nSPS) is 21.8. The highest BCUT2D eigenvalue weighted by Crippen LogP contribution is 2.33. The molecule has 168 valence electrons. The number of hydrogen-bond acceptors (Lipinski definition) is 7. The van der Waals surface area contributed by atoms with Crippen molar-refractivity contribution in [3.63, 3.8) is 0 Å². The molecular weight excluding hydrogens is 364 g/mol. The van der Waals surface area contributed by atoms with E-state index in [0.29, 0.717) is 39.3 Å². The van der Waals surface area contributed by atoms with Gasteiger partial charge in [0.15, 0.2) is 0 Å². The van der Waals surface area contributed by atoms with E-state index in [9.17, 15) is 14.7 Å². The Hall–Kier alpha value is -0.860. The van der Waals surface area contributed by atoms with E-state index >= 15 is 0 Å². The molecule has 0 radical (unpaired) electrons. The molecule has 0 aromatic rings. The summed E-state index contributed by atoms with van der Waals surface area (Å²) in [6.07, 6.45) is 2.31. The minimum Gasteiger partial charge on any atom is -0.396 e. The fraction of sp³-hybridized carbons (Fsp3) is 0.905. The predicted molar refractivity (Wildman–Crippen MR) is 109 cm³/mol. The van der Waals surface area contributed by atoms with Gasteiger partial charge in [-0.2, -0.15) is 0 Å². The summed E-state index contributed by atoms with van der Waals surface area (Å²) in [5, 5.41) is 9.38. The molecule has 0 aromatic carbocycles. The van der Waals surface area contributed by atoms with Gasteiger partial charge in [-0.25, -0.2) is 0 Å². The monoisotopic (exact) mass is 406 g/mol. The Kier molecular flexibility index (Phi) is 20.4. The number of methoxy groups -OCH3 is 3. The molecule has 1 heterocycles. The lowest BCUT2D eigenvalue weighted by Gasteiger charge is -2.28. The van der Waals surface area contributed by atoms with Crippen LogP contribution in [-0.4, -0.2) is 77.1 Å². The Morgan fingerprint density at radius 2 is 1.57 bits per heavy atom. The predicted octanol–water partition coefficient (Wildman–Crippen LogP) is 2.53. The topological polar surface area (TPSA) is 91.3 Å². The Morgan fingerprint density at radius 3 is 1.93 bits per heavy atom. The zero-order chi connectivity index (χ0) is 21.9. The van der Waals surface area contributed by atoms with Gasteiger partial charge in [-0.1, -0.05) is 13.8 Å². The van der Waals surface area contributed by atoms with E-state index < -0.39 is 0 Å². The molecule has 0 aliphatic carbocycles. The second-order valence-electron chi connectivity index (χ2n) is 6.97. The Balaban J connectivity index is 0. The first-order chi connectivity index (χ1) is 13.3. The van der Waals surface area contributed by atoms with Crippen LogP contribution in [0, 0.1) is 17.8 Å². The Labute approximate surface area is 171 Å². The van der Waals surface area contributed by atoms with E-state index in [2.05, 4.69) is 0 Å². The second-order valence-corrected chi connectivity index (χ2v) is 6.97. The highest BCUT2D eigenvalue weighted by atomic mass is 16.5. The smallest absolute Gasteiger partial charge is 0.129 e. The minimum absolute atomic E-state index is 0.0807. The highest BCUT2D eigenvalue weighted by Gasteiger charge is 2.40. The molecule has 4 atom stereocenters. The van der Waals surface area contributed by atoms with Crippen molar-refractivity contribution in [2.75, 3.05) is 54.4 Å². The van der Waals surface area contributed by atoms with Gasteiger partial charge in [0.25, 0.3) is 0 Å². The number of hydrogen-bond donors (Lipinski definition) is 1. The number of carbonyl (C=O) groups is 2. The van der Waals surface area contributed by atoms with Crippen LogP contribution in [0.5, 0.6) is 0 Å². The fourth-order valence-electron chi connectivity index (χ4n) is 2.67. The Bertz CT molecular complexity index is 373. The molecule has 1 N–H and O–H groups in total. The summed E-state index contributed by atoms with van der Waals surface area (Å²) in [4.78, 5) is 19.6. The van der Waals surface area contributed by atoms with Crippen molar-refractivity contribution in [2.24, 2.45) is 17.8 Å².